The van der Waals surface area contributed by atoms with Gasteiger partial charge in [-0.25, -0.2) is 4.79 Å². The summed E-state index contributed by atoms with van der Waals surface area (Å²) in [5.74, 6) is -1.83. The molecule has 0 fully saturated rings. The van der Waals surface area contributed by atoms with E-state index in [4.69, 9.17) is 0 Å². The van der Waals surface area contributed by atoms with Gasteiger partial charge in [0, 0.05) is 24.0 Å². The molecule has 1 N–H and O–H groups in total. The number of hydrogen-bond acceptors (Lipinski definition) is 3. The quantitative estimate of drug-likeness (QED) is 0.564. The van der Waals surface area contributed by atoms with Crippen LogP contribution in [0.4, 0.5) is 0 Å². The van der Waals surface area contributed by atoms with Crippen LogP contribution in [0.2, 0.25) is 0 Å². The molecular formula is C24H20O4. The summed E-state index contributed by atoms with van der Waals surface area (Å²) in [5, 5.41) is 9.55. The van der Waals surface area contributed by atoms with Crippen molar-refractivity contribution in [3.63, 3.8) is 0 Å². The standard InChI is InChI=1S/C24H20O4/c25-22(17-9-3-1-4-10-17)15-19(16-23(26)18-11-5-2-6-12-18)20-13-7-8-14-21(20)24(27)28/h1-14,19H,15-16H2,(H,27,28). The minimum absolute atomic E-state index is 0.0624. The van der Waals surface area contributed by atoms with E-state index in [1.54, 1.807) is 66.7 Å². The van der Waals surface area contributed by atoms with Gasteiger partial charge in [0.15, 0.2) is 11.6 Å². The number of ketones is 2. The van der Waals surface area contributed by atoms with Crippen LogP contribution in [0.5, 0.6) is 0 Å². The second kappa shape index (κ2) is 8.91. The van der Waals surface area contributed by atoms with Gasteiger partial charge >= 0.3 is 5.97 Å². The average Bonchev–Trinajstić information content (AvgIpc) is 2.74. The highest BCUT2D eigenvalue weighted by atomic mass is 16.4. The van der Waals surface area contributed by atoms with E-state index in [1.165, 1.54) is 6.07 Å². The van der Waals surface area contributed by atoms with Crippen LogP contribution in [0.3, 0.4) is 0 Å². The van der Waals surface area contributed by atoms with Gasteiger partial charge in [-0.15, -0.1) is 0 Å². The number of Topliss-reactive ketones (excluding diaryl/α,β-unsaturated/α-hetero) is 2. The van der Waals surface area contributed by atoms with E-state index in [1.807, 2.05) is 12.1 Å². The Bertz CT molecular complexity index is 924. The van der Waals surface area contributed by atoms with Crippen molar-refractivity contribution in [2.24, 2.45) is 0 Å². The molecule has 0 bridgehead atoms. The molecule has 140 valence electrons. The molecule has 0 radical (unpaired) electrons. The molecule has 4 nitrogen and oxygen atoms in total. The molecule has 0 heterocycles. The lowest BCUT2D eigenvalue weighted by Crippen LogP contribution is -2.15. The van der Waals surface area contributed by atoms with Crippen molar-refractivity contribution < 1.29 is 19.5 Å². The fourth-order valence-corrected chi connectivity index (χ4v) is 3.27. The minimum Gasteiger partial charge on any atom is -0.478 e. The third kappa shape index (κ3) is 4.60. The number of carboxylic acids is 1. The highest BCUT2D eigenvalue weighted by molar-refractivity contribution is 6.00. The zero-order chi connectivity index (χ0) is 19.9. The third-order valence-corrected chi connectivity index (χ3v) is 4.69. The number of aromatic carboxylic acids is 1. The van der Waals surface area contributed by atoms with Gasteiger partial charge in [0.2, 0.25) is 0 Å². The van der Waals surface area contributed by atoms with Gasteiger partial charge in [-0.1, -0.05) is 78.9 Å². The first-order valence-corrected chi connectivity index (χ1v) is 9.05. The Hall–Kier alpha value is -3.53. The summed E-state index contributed by atoms with van der Waals surface area (Å²) in [6.07, 6.45) is 0.125. The predicted molar refractivity (Wildman–Crippen MR) is 107 cm³/mol. The highest BCUT2D eigenvalue weighted by Gasteiger charge is 2.25. The van der Waals surface area contributed by atoms with Crippen molar-refractivity contribution in [2.75, 3.05) is 0 Å². The lowest BCUT2D eigenvalue weighted by atomic mass is 9.84. The fourth-order valence-electron chi connectivity index (χ4n) is 3.27. The minimum atomic E-state index is -1.07. The predicted octanol–water partition coefficient (Wildman–Crippen LogP) is 5.01. The molecule has 0 spiro atoms. The van der Waals surface area contributed by atoms with E-state index < -0.39 is 11.9 Å². The van der Waals surface area contributed by atoms with Crippen LogP contribution in [-0.2, 0) is 0 Å². The molecule has 0 aromatic heterocycles. The van der Waals surface area contributed by atoms with Crippen LogP contribution in [0.15, 0.2) is 84.9 Å². The van der Waals surface area contributed by atoms with Crippen molar-refractivity contribution in [3.8, 4) is 0 Å². The Morgan fingerprint density at radius 1 is 0.643 bits per heavy atom. The molecule has 0 aliphatic heterocycles. The molecule has 0 aliphatic rings. The largest absolute Gasteiger partial charge is 0.478 e. The third-order valence-electron chi connectivity index (χ3n) is 4.69. The molecule has 4 heteroatoms. The van der Waals surface area contributed by atoms with E-state index in [0.717, 1.165) is 0 Å². The lowest BCUT2D eigenvalue weighted by molar-refractivity contribution is 0.0692. The maximum atomic E-state index is 12.8. The number of rotatable bonds is 8. The molecule has 0 unspecified atom stereocenters. The monoisotopic (exact) mass is 372 g/mol. The van der Waals surface area contributed by atoms with Gasteiger partial charge in [-0.3, -0.25) is 9.59 Å². The topological polar surface area (TPSA) is 71.4 Å². The zero-order valence-corrected chi connectivity index (χ0v) is 15.2. The molecule has 3 aromatic carbocycles. The number of hydrogen-bond donors (Lipinski definition) is 1. The van der Waals surface area contributed by atoms with E-state index in [9.17, 15) is 19.5 Å². The van der Waals surface area contributed by atoms with Crippen LogP contribution >= 0.6 is 0 Å². The first-order chi connectivity index (χ1) is 13.6. The van der Waals surface area contributed by atoms with E-state index in [2.05, 4.69) is 0 Å². The summed E-state index contributed by atoms with van der Waals surface area (Å²) in [7, 11) is 0. The summed E-state index contributed by atoms with van der Waals surface area (Å²) in [6.45, 7) is 0. The van der Waals surface area contributed by atoms with E-state index in [-0.39, 0.29) is 30.0 Å². The molecular weight excluding hydrogens is 352 g/mol. The Labute approximate surface area is 163 Å². The van der Waals surface area contributed by atoms with Crippen molar-refractivity contribution in [2.45, 2.75) is 18.8 Å². The summed E-state index contributed by atoms with van der Waals surface area (Å²) in [4.78, 5) is 37.2. The van der Waals surface area contributed by atoms with Crippen molar-refractivity contribution in [1.29, 1.82) is 0 Å². The van der Waals surface area contributed by atoms with Crippen LogP contribution in [0.1, 0.15) is 55.4 Å². The summed E-state index contributed by atoms with van der Waals surface area (Å²) in [6, 6.07) is 24.2. The van der Waals surface area contributed by atoms with Gasteiger partial charge in [0.05, 0.1) is 5.56 Å². The van der Waals surface area contributed by atoms with Gasteiger partial charge in [-0.2, -0.15) is 0 Å². The van der Waals surface area contributed by atoms with Gasteiger partial charge in [-0.05, 0) is 17.5 Å². The average molecular weight is 372 g/mol. The Morgan fingerprint density at radius 2 is 1.07 bits per heavy atom. The highest BCUT2D eigenvalue weighted by Crippen LogP contribution is 2.30. The van der Waals surface area contributed by atoms with Crippen molar-refractivity contribution in [1.82, 2.24) is 0 Å². The van der Waals surface area contributed by atoms with Crippen molar-refractivity contribution in [3.05, 3.63) is 107 Å². The molecule has 0 amide bonds. The lowest BCUT2D eigenvalue weighted by Gasteiger charge is -2.18. The van der Waals surface area contributed by atoms with Crippen molar-refractivity contribution >= 4 is 17.5 Å². The second-order valence-corrected chi connectivity index (χ2v) is 6.58. The first kappa shape index (κ1) is 19.2. The number of benzene rings is 3. The van der Waals surface area contributed by atoms with E-state index >= 15 is 0 Å². The first-order valence-electron chi connectivity index (χ1n) is 9.05. The molecule has 3 aromatic rings. The summed E-state index contributed by atoms with van der Waals surface area (Å²) >= 11 is 0. The van der Waals surface area contributed by atoms with Gasteiger partial charge in [0.1, 0.15) is 0 Å². The van der Waals surface area contributed by atoms with Crippen LogP contribution in [-0.4, -0.2) is 22.6 Å². The van der Waals surface area contributed by atoms with Crippen LogP contribution in [0.25, 0.3) is 0 Å². The Kier molecular flexibility index (Phi) is 6.12. The maximum absolute atomic E-state index is 12.8. The fraction of sp³-hybridized carbons (Fsp3) is 0.125. The second-order valence-electron chi connectivity index (χ2n) is 6.58. The number of carboxylic acid groups (broad SMARTS) is 1. The normalized spacial score (nSPS) is 10.6. The molecule has 0 aliphatic carbocycles. The molecule has 0 saturated carbocycles. The maximum Gasteiger partial charge on any atom is 0.335 e. The summed E-state index contributed by atoms with van der Waals surface area (Å²) < 4.78 is 0. The molecule has 0 saturated heterocycles. The molecule has 28 heavy (non-hydrogen) atoms. The Morgan fingerprint density at radius 3 is 1.54 bits per heavy atom. The number of carbonyl (C=O) groups is 3. The summed E-state index contributed by atoms with van der Waals surface area (Å²) in [5.41, 5.74) is 1.72. The SMILES string of the molecule is O=C(CC(CC(=O)c1ccccc1)c1ccccc1C(=O)O)c1ccccc1. The molecule has 3 rings (SSSR count). The van der Waals surface area contributed by atoms with Crippen LogP contribution in [0, 0.1) is 0 Å². The van der Waals surface area contributed by atoms with E-state index in [0.29, 0.717) is 16.7 Å². The smallest absolute Gasteiger partial charge is 0.335 e. The zero-order valence-electron chi connectivity index (χ0n) is 15.2. The number of carbonyl (C=O) groups excluding carboxylic acids is 2. The molecule has 0 atom stereocenters. The van der Waals surface area contributed by atoms with Gasteiger partial charge < -0.3 is 5.11 Å². The van der Waals surface area contributed by atoms with Crippen LogP contribution < -0.4 is 0 Å². The Balaban J connectivity index is 1.93. The van der Waals surface area contributed by atoms with Gasteiger partial charge in [0.25, 0.3) is 0 Å².